The van der Waals surface area contributed by atoms with Gasteiger partial charge >= 0.3 is 0 Å². The Labute approximate surface area is 114 Å². The predicted octanol–water partition coefficient (Wildman–Crippen LogP) is 1.38. The van der Waals surface area contributed by atoms with E-state index in [4.69, 9.17) is 10.5 Å². The van der Waals surface area contributed by atoms with E-state index in [9.17, 15) is 8.42 Å². The second-order valence-electron chi connectivity index (χ2n) is 5.16. The first-order valence-corrected chi connectivity index (χ1v) is 7.76. The highest BCUT2D eigenvalue weighted by Gasteiger charge is 2.32. The van der Waals surface area contributed by atoms with Gasteiger partial charge < -0.3 is 10.5 Å². The quantitative estimate of drug-likeness (QED) is 0.833. The lowest BCUT2D eigenvalue weighted by Crippen LogP contribution is -2.48. The molecule has 19 heavy (non-hydrogen) atoms. The third kappa shape index (κ3) is 3.08. The molecule has 1 aromatic rings. The number of nitrogens with two attached hydrogens (primary N) is 1. The number of benzene rings is 1. The molecule has 2 atom stereocenters. The van der Waals surface area contributed by atoms with Crippen molar-refractivity contribution in [2.24, 2.45) is 0 Å². The van der Waals surface area contributed by atoms with Crippen LogP contribution in [0.4, 0.5) is 5.69 Å². The van der Waals surface area contributed by atoms with Crippen molar-refractivity contribution in [3.63, 3.8) is 0 Å². The number of rotatable bonds is 2. The Morgan fingerprint density at radius 1 is 1.21 bits per heavy atom. The third-order valence-corrected chi connectivity index (χ3v) is 4.91. The zero-order valence-electron chi connectivity index (χ0n) is 11.5. The van der Waals surface area contributed by atoms with Gasteiger partial charge in [-0.05, 0) is 44.5 Å². The van der Waals surface area contributed by atoms with Crippen molar-refractivity contribution in [1.29, 1.82) is 0 Å². The maximum atomic E-state index is 12.6. The van der Waals surface area contributed by atoms with E-state index in [2.05, 4.69) is 0 Å². The summed E-state index contributed by atoms with van der Waals surface area (Å²) in [6, 6.07) is 4.91. The van der Waals surface area contributed by atoms with Gasteiger partial charge in [-0.15, -0.1) is 0 Å². The zero-order valence-corrected chi connectivity index (χ0v) is 12.3. The monoisotopic (exact) mass is 284 g/mol. The first kappa shape index (κ1) is 14.3. The van der Waals surface area contributed by atoms with Gasteiger partial charge in [-0.1, -0.05) is 0 Å². The molecule has 106 valence electrons. The summed E-state index contributed by atoms with van der Waals surface area (Å²) in [4.78, 5) is 0.256. The first-order chi connectivity index (χ1) is 8.79. The molecule has 0 bridgehead atoms. The lowest BCUT2D eigenvalue weighted by Gasteiger charge is -2.34. The van der Waals surface area contributed by atoms with Crippen LogP contribution >= 0.6 is 0 Å². The van der Waals surface area contributed by atoms with E-state index in [0.29, 0.717) is 18.8 Å². The maximum Gasteiger partial charge on any atom is 0.243 e. The summed E-state index contributed by atoms with van der Waals surface area (Å²) < 4.78 is 32.2. The SMILES string of the molecule is Cc1cc(N)cc(S(=O)(=O)N2CC(C)OC(C)C2)c1. The minimum absolute atomic E-state index is 0.0966. The summed E-state index contributed by atoms with van der Waals surface area (Å²) in [5.74, 6) is 0. The Morgan fingerprint density at radius 3 is 2.32 bits per heavy atom. The van der Waals surface area contributed by atoms with Gasteiger partial charge in [-0.2, -0.15) is 4.31 Å². The van der Waals surface area contributed by atoms with Crippen LogP contribution < -0.4 is 5.73 Å². The normalized spacial score (nSPS) is 25.4. The summed E-state index contributed by atoms with van der Waals surface area (Å²) in [6.45, 7) is 6.34. The highest BCUT2D eigenvalue weighted by atomic mass is 32.2. The number of morpholine rings is 1. The molecular weight excluding hydrogens is 264 g/mol. The number of sulfonamides is 1. The van der Waals surface area contributed by atoms with Crippen molar-refractivity contribution in [3.8, 4) is 0 Å². The van der Waals surface area contributed by atoms with Crippen molar-refractivity contribution in [2.75, 3.05) is 18.8 Å². The molecule has 1 saturated heterocycles. The fraction of sp³-hybridized carbons (Fsp3) is 0.538. The standard InChI is InChI=1S/C13H20N2O3S/c1-9-4-12(14)6-13(5-9)19(16,17)15-7-10(2)18-11(3)8-15/h4-6,10-11H,7-8,14H2,1-3H3. The Balaban J connectivity index is 2.36. The summed E-state index contributed by atoms with van der Waals surface area (Å²) in [7, 11) is -3.50. The van der Waals surface area contributed by atoms with Crippen molar-refractivity contribution < 1.29 is 13.2 Å². The minimum Gasteiger partial charge on any atom is -0.399 e. The van der Waals surface area contributed by atoms with Crippen LogP contribution in [-0.2, 0) is 14.8 Å². The summed E-state index contributed by atoms with van der Waals surface area (Å²) in [6.07, 6.45) is -0.193. The Bertz CT molecular complexity index is 541. The lowest BCUT2D eigenvalue weighted by molar-refractivity contribution is -0.0440. The second-order valence-corrected chi connectivity index (χ2v) is 7.10. The zero-order chi connectivity index (χ0) is 14.2. The second kappa shape index (κ2) is 5.11. The summed E-state index contributed by atoms with van der Waals surface area (Å²) >= 11 is 0. The van der Waals surface area contributed by atoms with Gasteiger partial charge in [0.05, 0.1) is 17.1 Å². The number of ether oxygens (including phenoxy) is 1. The Morgan fingerprint density at radius 2 is 1.79 bits per heavy atom. The number of hydrogen-bond donors (Lipinski definition) is 1. The van der Waals surface area contributed by atoms with Crippen LogP contribution in [0.5, 0.6) is 0 Å². The molecule has 5 nitrogen and oxygen atoms in total. The van der Waals surface area contributed by atoms with E-state index < -0.39 is 10.0 Å². The van der Waals surface area contributed by atoms with Crippen LogP contribution in [0.25, 0.3) is 0 Å². The smallest absolute Gasteiger partial charge is 0.243 e. The molecular formula is C13H20N2O3S. The van der Waals surface area contributed by atoms with Gasteiger partial charge in [-0.25, -0.2) is 8.42 Å². The Hall–Kier alpha value is -1.11. The van der Waals surface area contributed by atoms with Gasteiger partial charge in [0, 0.05) is 18.8 Å². The van der Waals surface area contributed by atoms with E-state index in [1.165, 1.54) is 10.4 Å². The van der Waals surface area contributed by atoms with Gasteiger partial charge in [0.2, 0.25) is 10.0 Å². The third-order valence-electron chi connectivity index (χ3n) is 3.10. The number of hydrogen-bond acceptors (Lipinski definition) is 4. The van der Waals surface area contributed by atoms with Gasteiger partial charge in [-0.3, -0.25) is 0 Å². The van der Waals surface area contributed by atoms with E-state index >= 15 is 0 Å². The molecule has 1 aromatic carbocycles. The molecule has 0 aromatic heterocycles. The van der Waals surface area contributed by atoms with Crippen molar-refractivity contribution in [2.45, 2.75) is 37.9 Å². The van der Waals surface area contributed by atoms with Crippen LogP contribution in [0.2, 0.25) is 0 Å². The van der Waals surface area contributed by atoms with E-state index in [-0.39, 0.29) is 17.1 Å². The molecule has 1 aliphatic rings. The highest BCUT2D eigenvalue weighted by Crippen LogP contribution is 2.23. The van der Waals surface area contributed by atoms with Crippen LogP contribution in [0.15, 0.2) is 23.1 Å². The fourth-order valence-electron chi connectivity index (χ4n) is 2.40. The first-order valence-electron chi connectivity index (χ1n) is 6.32. The molecule has 1 aliphatic heterocycles. The van der Waals surface area contributed by atoms with Crippen LogP contribution in [0.3, 0.4) is 0 Å². The van der Waals surface area contributed by atoms with Crippen LogP contribution in [0, 0.1) is 6.92 Å². The molecule has 1 heterocycles. The van der Waals surface area contributed by atoms with Gasteiger partial charge in [0.25, 0.3) is 0 Å². The van der Waals surface area contributed by atoms with Gasteiger partial charge in [0.1, 0.15) is 0 Å². The van der Waals surface area contributed by atoms with Crippen LogP contribution in [0.1, 0.15) is 19.4 Å². The molecule has 0 spiro atoms. The van der Waals surface area contributed by atoms with Crippen molar-refractivity contribution >= 4 is 15.7 Å². The van der Waals surface area contributed by atoms with E-state index in [1.807, 2.05) is 20.8 Å². The number of aryl methyl sites for hydroxylation is 1. The summed E-state index contributed by atoms with van der Waals surface area (Å²) in [5, 5.41) is 0. The number of nitrogens with zero attached hydrogens (tertiary/aromatic N) is 1. The van der Waals surface area contributed by atoms with Crippen LogP contribution in [-0.4, -0.2) is 38.0 Å². The topological polar surface area (TPSA) is 72.6 Å². The van der Waals surface area contributed by atoms with E-state index in [1.54, 1.807) is 12.1 Å². The van der Waals surface area contributed by atoms with Gasteiger partial charge in [0.15, 0.2) is 0 Å². The molecule has 2 rings (SSSR count). The molecule has 2 N–H and O–H groups in total. The molecule has 6 heteroatoms. The molecule has 0 aliphatic carbocycles. The predicted molar refractivity (Wildman–Crippen MR) is 74.4 cm³/mol. The molecule has 1 fully saturated rings. The number of anilines is 1. The molecule has 2 unspecified atom stereocenters. The highest BCUT2D eigenvalue weighted by molar-refractivity contribution is 7.89. The lowest BCUT2D eigenvalue weighted by atomic mass is 10.2. The molecule has 0 saturated carbocycles. The Kier molecular flexibility index (Phi) is 3.85. The molecule has 0 amide bonds. The van der Waals surface area contributed by atoms with Crippen molar-refractivity contribution in [1.82, 2.24) is 4.31 Å². The fourth-order valence-corrected chi connectivity index (χ4v) is 4.13. The number of nitrogen functional groups attached to an aromatic ring is 1. The minimum atomic E-state index is -3.50. The van der Waals surface area contributed by atoms with E-state index in [0.717, 1.165) is 5.56 Å². The van der Waals surface area contributed by atoms with Crippen molar-refractivity contribution in [3.05, 3.63) is 23.8 Å². The average Bonchev–Trinajstić information content (AvgIpc) is 2.26. The average molecular weight is 284 g/mol. The maximum absolute atomic E-state index is 12.6. The largest absolute Gasteiger partial charge is 0.399 e. The molecule has 0 radical (unpaired) electrons. The summed E-state index contributed by atoms with van der Waals surface area (Å²) in [5.41, 5.74) is 7.04.